The number of anilines is 1. The van der Waals surface area contributed by atoms with Crippen molar-refractivity contribution in [3.63, 3.8) is 0 Å². The molecule has 1 heterocycles. The molecule has 10 heteroatoms. The third kappa shape index (κ3) is 4.25. The van der Waals surface area contributed by atoms with Gasteiger partial charge in [0.15, 0.2) is 0 Å². The molecule has 8 nitrogen and oxygen atoms in total. The van der Waals surface area contributed by atoms with Crippen LogP contribution < -0.4 is 5.32 Å². The summed E-state index contributed by atoms with van der Waals surface area (Å²) >= 11 is 3.18. The van der Waals surface area contributed by atoms with Crippen molar-refractivity contribution < 1.29 is 28.2 Å². The number of aromatic carboxylic acids is 1. The van der Waals surface area contributed by atoms with E-state index in [0.29, 0.717) is 10.9 Å². The number of aliphatic hydroxyl groups is 1. The van der Waals surface area contributed by atoms with Crippen LogP contribution in [0.5, 0.6) is 0 Å². The molecule has 1 atom stereocenters. The number of carbonyl (C=O) groups is 2. The SMILES string of the molecule is O=C(Nc1ccc(Br)cc1C(=O)O)c1ccc(S(=O)(=O)N2CC[C@H](O)C2)cc1. The number of nitrogens with zero attached hydrogens (tertiary/aromatic N) is 1. The minimum Gasteiger partial charge on any atom is -0.478 e. The summed E-state index contributed by atoms with van der Waals surface area (Å²) in [4.78, 5) is 23.8. The number of halogens is 1. The number of β-amino-alcohol motifs (C(OH)–C–C–N with tert-alkyl or cyclic N) is 1. The summed E-state index contributed by atoms with van der Waals surface area (Å²) in [5.74, 6) is -1.75. The molecule has 0 aromatic heterocycles. The smallest absolute Gasteiger partial charge is 0.337 e. The first-order valence-corrected chi connectivity index (χ1v) is 10.5. The molecule has 148 valence electrons. The van der Waals surface area contributed by atoms with E-state index < -0.39 is 28.0 Å². The van der Waals surface area contributed by atoms with Gasteiger partial charge in [0.2, 0.25) is 10.0 Å². The zero-order valence-corrected chi connectivity index (χ0v) is 16.9. The molecule has 0 unspecified atom stereocenters. The van der Waals surface area contributed by atoms with Gasteiger partial charge in [-0.15, -0.1) is 0 Å². The van der Waals surface area contributed by atoms with Crippen LogP contribution in [0.4, 0.5) is 5.69 Å². The average Bonchev–Trinajstić information content (AvgIpc) is 3.10. The Bertz CT molecular complexity index is 1020. The quantitative estimate of drug-likeness (QED) is 0.617. The number of amides is 1. The van der Waals surface area contributed by atoms with Crippen LogP contribution in [-0.4, -0.2) is 54.0 Å². The summed E-state index contributed by atoms with van der Waals surface area (Å²) in [7, 11) is -3.74. The summed E-state index contributed by atoms with van der Waals surface area (Å²) in [6.07, 6.45) is -0.284. The highest BCUT2D eigenvalue weighted by Gasteiger charge is 2.31. The van der Waals surface area contributed by atoms with Crippen molar-refractivity contribution in [1.29, 1.82) is 0 Å². The van der Waals surface area contributed by atoms with Crippen LogP contribution in [0.3, 0.4) is 0 Å². The van der Waals surface area contributed by atoms with E-state index >= 15 is 0 Å². The number of carbonyl (C=O) groups excluding carboxylic acids is 1. The predicted molar refractivity (Wildman–Crippen MR) is 105 cm³/mol. The summed E-state index contributed by atoms with van der Waals surface area (Å²) in [6.45, 7) is 0.291. The molecule has 2 aromatic carbocycles. The van der Waals surface area contributed by atoms with E-state index in [9.17, 15) is 28.2 Å². The number of sulfonamides is 1. The second kappa shape index (κ2) is 8.00. The number of benzene rings is 2. The van der Waals surface area contributed by atoms with Gasteiger partial charge in [0.05, 0.1) is 22.3 Å². The molecule has 1 amide bonds. The van der Waals surface area contributed by atoms with Crippen molar-refractivity contribution in [2.75, 3.05) is 18.4 Å². The fraction of sp³-hybridized carbons (Fsp3) is 0.222. The van der Waals surface area contributed by atoms with Gasteiger partial charge >= 0.3 is 5.97 Å². The maximum Gasteiger partial charge on any atom is 0.337 e. The van der Waals surface area contributed by atoms with Gasteiger partial charge in [0.1, 0.15) is 0 Å². The molecular formula is C18H17BrN2O6S. The largest absolute Gasteiger partial charge is 0.478 e. The molecule has 0 saturated carbocycles. The number of hydrogen-bond acceptors (Lipinski definition) is 5. The van der Waals surface area contributed by atoms with Crippen LogP contribution in [0.1, 0.15) is 27.1 Å². The Labute approximate surface area is 170 Å². The van der Waals surface area contributed by atoms with Crippen molar-refractivity contribution in [3.8, 4) is 0 Å². The maximum absolute atomic E-state index is 12.5. The number of nitrogens with one attached hydrogen (secondary N) is 1. The summed E-state index contributed by atoms with van der Waals surface area (Å²) in [6, 6.07) is 9.77. The monoisotopic (exact) mass is 468 g/mol. The third-order valence-corrected chi connectivity index (χ3v) is 6.71. The topological polar surface area (TPSA) is 124 Å². The first-order valence-electron chi connectivity index (χ1n) is 8.31. The van der Waals surface area contributed by atoms with Gasteiger partial charge < -0.3 is 15.5 Å². The lowest BCUT2D eigenvalue weighted by Gasteiger charge is -2.16. The molecule has 0 aliphatic carbocycles. The minimum absolute atomic E-state index is 0.0213. The van der Waals surface area contributed by atoms with Crippen LogP contribution in [0.2, 0.25) is 0 Å². The maximum atomic E-state index is 12.5. The summed E-state index contributed by atoms with van der Waals surface area (Å²) in [5.41, 5.74) is 0.234. The Morgan fingerprint density at radius 2 is 1.82 bits per heavy atom. The fourth-order valence-corrected chi connectivity index (χ4v) is 4.71. The lowest BCUT2D eigenvalue weighted by molar-refractivity contribution is 0.0698. The Balaban J connectivity index is 1.79. The molecule has 2 aromatic rings. The van der Waals surface area contributed by atoms with Crippen LogP contribution in [0.25, 0.3) is 0 Å². The number of aliphatic hydroxyl groups excluding tert-OH is 1. The van der Waals surface area contributed by atoms with E-state index in [2.05, 4.69) is 21.2 Å². The first-order chi connectivity index (χ1) is 13.2. The lowest BCUT2D eigenvalue weighted by Crippen LogP contribution is -2.29. The molecule has 0 radical (unpaired) electrons. The molecule has 1 aliphatic rings. The van der Waals surface area contributed by atoms with Crippen molar-refractivity contribution >= 4 is 43.5 Å². The molecule has 1 fully saturated rings. The second-order valence-corrected chi connectivity index (χ2v) is 9.13. The minimum atomic E-state index is -3.74. The number of carboxylic acids is 1. The normalized spacial score (nSPS) is 17.4. The van der Waals surface area contributed by atoms with E-state index in [4.69, 9.17) is 0 Å². The Morgan fingerprint density at radius 3 is 2.39 bits per heavy atom. The van der Waals surface area contributed by atoms with E-state index in [-0.39, 0.29) is 34.8 Å². The van der Waals surface area contributed by atoms with E-state index in [1.807, 2.05) is 0 Å². The predicted octanol–water partition coefficient (Wildman–Crippen LogP) is 2.15. The van der Waals surface area contributed by atoms with Crippen LogP contribution in [0, 0.1) is 0 Å². The highest BCUT2D eigenvalue weighted by atomic mass is 79.9. The Morgan fingerprint density at radius 1 is 1.14 bits per heavy atom. The molecule has 3 N–H and O–H groups in total. The van der Waals surface area contributed by atoms with Gasteiger partial charge in [-0.3, -0.25) is 4.79 Å². The zero-order chi connectivity index (χ0) is 20.5. The fourth-order valence-electron chi connectivity index (χ4n) is 2.85. The van der Waals surface area contributed by atoms with Gasteiger partial charge in [0, 0.05) is 23.1 Å². The highest BCUT2D eigenvalue weighted by molar-refractivity contribution is 9.10. The number of carboxylic acid groups (broad SMARTS) is 1. The van der Waals surface area contributed by atoms with Crippen LogP contribution in [0.15, 0.2) is 51.8 Å². The van der Waals surface area contributed by atoms with Crippen molar-refractivity contribution in [3.05, 3.63) is 58.1 Å². The number of hydrogen-bond donors (Lipinski definition) is 3. The first kappa shape index (κ1) is 20.5. The van der Waals surface area contributed by atoms with Crippen LogP contribution in [-0.2, 0) is 10.0 Å². The van der Waals surface area contributed by atoms with Gasteiger partial charge in [-0.05, 0) is 48.9 Å². The van der Waals surface area contributed by atoms with E-state index in [1.54, 1.807) is 6.07 Å². The van der Waals surface area contributed by atoms with Crippen LogP contribution >= 0.6 is 15.9 Å². The molecule has 0 spiro atoms. The average molecular weight is 469 g/mol. The van der Waals surface area contributed by atoms with Gasteiger partial charge in [-0.25, -0.2) is 13.2 Å². The van der Waals surface area contributed by atoms with E-state index in [1.165, 1.54) is 40.7 Å². The summed E-state index contributed by atoms with van der Waals surface area (Å²) in [5, 5.41) is 21.3. The second-order valence-electron chi connectivity index (χ2n) is 6.28. The van der Waals surface area contributed by atoms with Crippen molar-refractivity contribution in [2.45, 2.75) is 17.4 Å². The van der Waals surface area contributed by atoms with Gasteiger partial charge in [0.25, 0.3) is 5.91 Å². The van der Waals surface area contributed by atoms with Crippen molar-refractivity contribution in [1.82, 2.24) is 4.31 Å². The van der Waals surface area contributed by atoms with Crippen molar-refractivity contribution in [2.24, 2.45) is 0 Å². The third-order valence-electron chi connectivity index (χ3n) is 4.34. The molecule has 28 heavy (non-hydrogen) atoms. The molecule has 3 rings (SSSR count). The highest BCUT2D eigenvalue weighted by Crippen LogP contribution is 2.24. The molecule has 1 aliphatic heterocycles. The summed E-state index contributed by atoms with van der Waals surface area (Å²) < 4.78 is 26.9. The van der Waals surface area contributed by atoms with E-state index in [0.717, 1.165) is 0 Å². The standard InChI is InChI=1S/C18H17BrN2O6S/c19-12-3-6-16(15(9-12)18(24)25)20-17(23)11-1-4-14(5-2-11)28(26,27)21-8-7-13(22)10-21/h1-6,9,13,22H,7-8,10H2,(H,20,23)(H,24,25)/t13-/m0/s1. The number of rotatable bonds is 5. The Kier molecular flexibility index (Phi) is 5.84. The lowest BCUT2D eigenvalue weighted by atomic mass is 10.1. The van der Waals surface area contributed by atoms with Gasteiger partial charge in [-0.2, -0.15) is 4.31 Å². The Hall–Kier alpha value is -2.27. The molecule has 0 bridgehead atoms. The molecular weight excluding hydrogens is 452 g/mol. The zero-order valence-electron chi connectivity index (χ0n) is 14.5. The van der Waals surface area contributed by atoms with Gasteiger partial charge in [-0.1, -0.05) is 15.9 Å². The molecule has 1 saturated heterocycles.